The zero-order valence-electron chi connectivity index (χ0n) is 21.1. The van der Waals surface area contributed by atoms with Gasteiger partial charge in [0, 0.05) is 6.20 Å². The number of nitrogens with one attached hydrogen (secondary N) is 1. The van der Waals surface area contributed by atoms with E-state index in [4.69, 9.17) is 13.9 Å². The van der Waals surface area contributed by atoms with Gasteiger partial charge >= 0.3 is 0 Å². The lowest BCUT2D eigenvalue weighted by Crippen LogP contribution is -2.32. The molecule has 5 rings (SSSR count). The van der Waals surface area contributed by atoms with Gasteiger partial charge in [-0.3, -0.25) is 9.29 Å². The van der Waals surface area contributed by atoms with Crippen LogP contribution in [-0.4, -0.2) is 57.1 Å². The first-order valence-corrected chi connectivity index (χ1v) is 13.1. The van der Waals surface area contributed by atoms with Gasteiger partial charge < -0.3 is 23.4 Å². The van der Waals surface area contributed by atoms with Crippen molar-refractivity contribution < 1.29 is 27.4 Å². The average Bonchev–Trinajstić information content (AvgIpc) is 3.65. The van der Waals surface area contributed by atoms with Crippen LogP contribution in [-0.2, 0) is 10.0 Å². The summed E-state index contributed by atoms with van der Waals surface area (Å²) >= 11 is 0. The number of furan rings is 1. The fraction of sp³-hybridized carbons (Fsp3) is 0.240. The summed E-state index contributed by atoms with van der Waals surface area (Å²) in [6.45, 7) is 3.18. The van der Waals surface area contributed by atoms with E-state index in [-0.39, 0.29) is 11.8 Å². The number of rotatable bonds is 9. The highest BCUT2D eigenvalue weighted by atomic mass is 32.2. The second-order valence-corrected chi connectivity index (χ2v) is 10.6. The molecule has 0 bridgehead atoms. The van der Waals surface area contributed by atoms with Crippen molar-refractivity contribution in [3.05, 3.63) is 72.4 Å². The van der Waals surface area contributed by atoms with Gasteiger partial charge in [0.1, 0.15) is 39.9 Å². The number of pyridine rings is 1. The van der Waals surface area contributed by atoms with Crippen LogP contribution in [0.2, 0.25) is 0 Å². The molecule has 0 saturated heterocycles. The minimum absolute atomic E-state index is 0.144. The Balaban J connectivity index is 1.59. The molecule has 0 aliphatic rings. The van der Waals surface area contributed by atoms with Crippen LogP contribution in [0, 0.1) is 6.92 Å². The number of aliphatic hydroxyl groups excluding tert-OH is 1. The van der Waals surface area contributed by atoms with Crippen molar-refractivity contribution in [2.24, 2.45) is 0 Å². The van der Waals surface area contributed by atoms with Crippen LogP contribution >= 0.6 is 0 Å². The number of imidazole rings is 1. The number of aromatic nitrogens is 5. The fourth-order valence-electron chi connectivity index (χ4n) is 4.13. The maximum Gasteiger partial charge on any atom is 0.243 e. The molecule has 0 amide bonds. The van der Waals surface area contributed by atoms with Gasteiger partial charge in [-0.25, -0.2) is 13.4 Å². The molecule has 38 heavy (non-hydrogen) atoms. The monoisotopic (exact) mass is 538 g/mol. The van der Waals surface area contributed by atoms with Crippen molar-refractivity contribution in [1.82, 2.24) is 24.1 Å². The molecule has 0 saturated carbocycles. The maximum atomic E-state index is 13.5. The number of nitrogens with zero attached hydrogens (tertiary/aromatic N) is 5. The third-order valence-corrected chi connectivity index (χ3v) is 7.87. The number of anilines is 1. The molecule has 12 nitrogen and oxygen atoms in total. The van der Waals surface area contributed by atoms with E-state index in [0.717, 1.165) is 0 Å². The summed E-state index contributed by atoms with van der Waals surface area (Å²) < 4.78 is 49.5. The van der Waals surface area contributed by atoms with E-state index in [1.165, 1.54) is 31.9 Å². The smallest absolute Gasteiger partial charge is 0.243 e. The molecule has 0 radical (unpaired) electrons. The Labute approximate surface area is 218 Å². The predicted molar refractivity (Wildman–Crippen MR) is 139 cm³/mol. The Morgan fingerprint density at radius 3 is 2.42 bits per heavy atom. The number of sulfonamides is 1. The maximum absolute atomic E-state index is 13.5. The molecule has 1 aromatic carbocycles. The molecular formula is C25H26N6O6S. The lowest BCUT2D eigenvalue weighted by atomic mass is 10.2. The van der Waals surface area contributed by atoms with Gasteiger partial charge in [0.2, 0.25) is 21.8 Å². The van der Waals surface area contributed by atoms with Crippen molar-refractivity contribution in [2.45, 2.75) is 25.2 Å². The highest BCUT2D eigenvalue weighted by molar-refractivity contribution is 7.93. The van der Waals surface area contributed by atoms with E-state index in [9.17, 15) is 13.5 Å². The second kappa shape index (κ2) is 9.84. The highest BCUT2D eigenvalue weighted by Crippen LogP contribution is 2.38. The Hall–Kier alpha value is -4.36. The molecule has 2 atom stereocenters. The summed E-state index contributed by atoms with van der Waals surface area (Å²) in [6.07, 6.45) is 1.76. The predicted octanol–water partition coefficient (Wildman–Crippen LogP) is 3.36. The molecule has 0 spiro atoms. The van der Waals surface area contributed by atoms with Crippen LogP contribution in [0.3, 0.4) is 0 Å². The first-order valence-electron chi connectivity index (χ1n) is 11.6. The Kier molecular flexibility index (Phi) is 6.55. The number of aliphatic hydroxyl groups is 1. The molecule has 4 heterocycles. The first kappa shape index (κ1) is 25.3. The number of methoxy groups -OCH3 is 2. The fourth-order valence-corrected chi connectivity index (χ4v) is 5.18. The Bertz CT molecular complexity index is 1680. The lowest BCUT2D eigenvalue weighted by molar-refractivity contribution is 0.170. The Morgan fingerprint density at radius 2 is 1.76 bits per heavy atom. The minimum atomic E-state index is -4.22. The van der Waals surface area contributed by atoms with E-state index in [2.05, 4.69) is 19.9 Å². The van der Waals surface area contributed by atoms with Crippen molar-refractivity contribution in [2.75, 3.05) is 18.9 Å². The molecule has 0 unspecified atom stereocenters. The average molecular weight is 539 g/mol. The van der Waals surface area contributed by atoms with Crippen LogP contribution in [0.4, 0.5) is 5.95 Å². The molecule has 0 aliphatic heterocycles. The number of ether oxygens (including phenoxy) is 2. The second-order valence-electron chi connectivity index (χ2n) is 8.51. The molecule has 198 valence electrons. The summed E-state index contributed by atoms with van der Waals surface area (Å²) in [7, 11) is -1.25. The van der Waals surface area contributed by atoms with Crippen molar-refractivity contribution >= 4 is 21.6 Å². The quantitative estimate of drug-likeness (QED) is 0.288. The number of para-hydroxylation sites is 1. The molecule has 5 aromatic rings. The molecule has 0 aliphatic carbocycles. The third-order valence-electron chi connectivity index (χ3n) is 6.17. The van der Waals surface area contributed by atoms with Crippen LogP contribution in [0.5, 0.6) is 11.5 Å². The molecule has 13 heteroatoms. The topological polar surface area (TPSA) is 146 Å². The number of hydrogen-bond donors (Lipinski definition) is 2. The summed E-state index contributed by atoms with van der Waals surface area (Å²) in [4.78, 5) is 4.24. The van der Waals surface area contributed by atoms with Crippen LogP contribution in [0.15, 0.2) is 65.3 Å². The SMILES string of the molecule is COc1cccc(OC)c1-n1c(NS(=O)(=O)[C@H](C)[C@H](O)c2cnc3ccccn23)nnc1-c1ccc(C)o1. The van der Waals surface area contributed by atoms with Gasteiger partial charge in [0.15, 0.2) is 5.76 Å². The molecule has 2 N–H and O–H groups in total. The van der Waals surface area contributed by atoms with E-state index in [1.807, 2.05) is 0 Å². The zero-order chi connectivity index (χ0) is 27.0. The Morgan fingerprint density at radius 1 is 1.03 bits per heavy atom. The number of aryl methyl sites for hydroxylation is 1. The van der Waals surface area contributed by atoms with Gasteiger partial charge in [-0.05, 0) is 50.2 Å². The highest BCUT2D eigenvalue weighted by Gasteiger charge is 2.34. The van der Waals surface area contributed by atoms with E-state index in [1.54, 1.807) is 66.1 Å². The van der Waals surface area contributed by atoms with Gasteiger partial charge in [-0.2, -0.15) is 0 Å². The number of fused-ring (bicyclic) bond motifs is 1. The summed E-state index contributed by atoms with van der Waals surface area (Å²) in [6, 6.07) is 13.9. The number of hydrogen-bond acceptors (Lipinski definition) is 9. The van der Waals surface area contributed by atoms with Crippen molar-refractivity contribution in [3.8, 4) is 28.8 Å². The summed E-state index contributed by atoms with van der Waals surface area (Å²) in [5.74, 6) is 1.82. The van der Waals surface area contributed by atoms with E-state index >= 15 is 0 Å². The lowest BCUT2D eigenvalue weighted by Gasteiger charge is -2.21. The van der Waals surface area contributed by atoms with Gasteiger partial charge in [-0.1, -0.05) is 12.1 Å². The first-order chi connectivity index (χ1) is 18.2. The van der Waals surface area contributed by atoms with Crippen LogP contribution < -0.4 is 14.2 Å². The van der Waals surface area contributed by atoms with Gasteiger partial charge in [0.05, 0.1) is 26.1 Å². The zero-order valence-corrected chi connectivity index (χ0v) is 21.9. The minimum Gasteiger partial charge on any atom is -0.494 e. The van der Waals surface area contributed by atoms with E-state index < -0.39 is 21.4 Å². The van der Waals surface area contributed by atoms with Gasteiger partial charge in [-0.15, -0.1) is 10.2 Å². The largest absolute Gasteiger partial charge is 0.494 e. The normalized spacial score (nSPS) is 13.4. The standard InChI is InChI=1S/C25H26N6O6S/c1-15-11-12-20(37-15)24-27-28-25(31(24)22-18(35-3)8-7-9-19(22)36-4)29-38(33,34)16(2)23(32)17-14-26-21-10-5-6-13-30(17)21/h5-14,16,23,32H,1-4H3,(H,28,29)/t16-,23+/m1/s1. The summed E-state index contributed by atoms with van der Waals surface area (Å²) in [5, 5.41) is 18.1. The molecule has 4 aromatic heterocycles. The van der Waals surface area contributed by atoms with E-state index in [0.29, 0.717) is 40.0 Å². The molecular weight excluding hydrogens is 512 g/mol. The third kappa shape index (κ3) is 4.35. The van der Waals surface area contributed by atoms with Crippen molar-refractivity contribution in [1.29, 1.82) is 0 Å². The summed E-state index contributed by atoms with van der Waals surface area (Å²) in [5.41, 5.74) is 1.28. The molecule has 0 fully saturated rings. The van der Waals surface area contributed by atoms with Crippen molar-refractivity contribution in [3.63, 3.8) is 0 Å². The van der Waals surface area contributed by atoms with Crippen LogP contribution in [0.1, 0.15) is 24.5 Å². The van der Waals surface area contributed by atoms with Crippen LogP contribution in [0.25, 0.3) is 22.9 Å². The van der Waals surface area contributed by atoms with Gasteiger partial charge in [0.25, 0.3) is 0 Å². The number of benzene rings is 1.